The van der Waals surface area contributed by atoms with Gasteiger partial charge in [-0.2, -0.15) is 0 Å². The molecule has 1 aromatic carbocycles. The lowest BCUT2D eigenvalue weighted by atomic mass is 10.1. The number of carbonyl (C=O) groups is 2. The van der Waals surface area contributed by atoms with Gasteiger partial charge in [-0.1, -0.05) is 18.2 Å². The van der Waals surface area contributed by atoms with Crippen molar-refractivity contribution < 1.29 is 19.2 Å². The van der Waals surface area contributed by atoms with Crippen molar-refractivity contribution in [2.45, 2.75) is 13.8 Å². The summed E-state index contributed by atoms with van der Waals surface area (Å²) in [5.41, 5.74) is 2.55. The van der Waals surface area contributed by atoms with E-state index in [1.807, 2.05) is 11.8 Å². The van der Waals surface area contributed by atoms with Crippen molar-refractivity contribution in [1.82, 2.24) is 9.80 Å². The van der Waals surface area contributed by atoms with Gasteiger partial charge in [-0.3, -0.25) is 9.69 Å². The van der Waals surface area contributed by atoms with Gasteiger partial charge in [0.15, 0.2) is 6.54 Å². The number of hydrogen-bond donors (Lipinski definition) is 1. The summed E-state index contributed by atoms with van der Waals surface area (Å²) < 4.78 is 5.05. The molecule has 2 aliphatic heterocycles. The van der Waals surface area contributed by atoms with Crippen LogP contribution in [0.3, 0.4) is 0 Å². The Labute approximate surface area is 161 Å². The van der Waals surface area contributed by atoms with Crippen LogP contribution in [0.4, 0.5) is 10.5 Å². The molecule has 2 fully saturated rings. The molecule has 0 spiro atoms. The van der Waals surface area contributed by atoms with Crippen LogP contribution < -0.4 is 9.80 Å². The molecule has 0 bridgehead atoms. The number of quaternary nitrogens is 1. The lowest BCUT2D eigenvalue weighted by molar-refractivity contribution is -0.896. The highest BCUT2D eigenvalue weighted by atomic mass is 16.6. The van der Waals surface area contributed by atoms with E-state index in [0.29, 0.717) is 26.2 Å². The molecule has 148 valence electrons. The molecule has 7 heteroatoms. The minimum absolute atomic E-state index is 0.221. The first-order valence-corrected chi connectivity index (χ1v) is 9.92. The standard InChI is InChI=1S/C20H30N4O3/c1-3-27-20(26)24-10-8-21(9-11-24)16-19(25)23-14-12-22(13-15-23)18-7-5-4-6-17(18)2/h4-7H,3,8-16H2,1-2H3/p+1. The first kappa shape index (κ1) is 19.5. The van der Waals surface area contributed by atoms with Crippen LogP contribution in [0.25, 0.3) is 0 Å². The topological polar surface area (TPSA) is 57.5 Å². The number of carbonyl (C=O) groups excluding carboxylic acids is 2. The normalized spacial score (nSPS) is 18.5. The van der Waals surface area contributed by atoms with Crippen molar-refractivity contribution in [3.05, 3.63) is 29.8 Å². The van der Waals surface area contributed by atoms with Gasteiger partial charge < -0.3 is 19.4 Å². The summed E-state index contributed by atoms with van der Waals surface area (Å²) in [6, 6.07) is 8.41. The average molecular weight is 375 g/mol. The van der Waals surface area contributed by atoms with Crippen LogP contribution in [-0.4, -0.2) is 87.3 Å². The molecular formula is C20H31N4O3+. The molecule has 3 rings (SSSR count). The Morgan fingerprint density at radius 3 is 2.30 bits per heavy atom. The number of para-hydroxylation sites is 1. The maximum Gasteiger partial charge on any atom is 0.410 e. The number of nitrogens with one attached hydrogen (secondary N) is 1. The number of hydrogen-bond acceptors (Lipinski definition) is 4. The Balaban J connectivity index is 1.43. The van der Waals surface area contributed by atoms with Crippen molar-refractivity contribution in [3.8, 4) is 0 Å². The molecule has 2 aliphatic rings. The van der Waals surface area contributed by atoms with E-state index in [-0.39, 0.29) is 12.0 Å². The van der Waals surface area contributed by atoms with Crippen molar-refractivity contribution in [2.75, 3.05) is 70.4 Å². The van der Waals surface area contributed by atoms with E-state index in [0.717, 1.165) is 39.3 Å². The Bertz CT molecular complexity index is 650. The molecule has 2 heterocycles. The molecule has 0 aliphatic carbocycles. The highest BCUT2D eigenvalue weighted by Gasteiger charge is 2.29. The Kier molecular flexibility index (Phi) is 6.55. The van der Waals surface area contributed by atoms with Gasteiger partial charge >= 0.3 is 6.09 Å². The molecule has 2 saturated heterocycles. The Hall–Kier alpha value is -2.28. The second-order valence-electron chi connectivity index (χ2n) is 7.27. The van der Waals surface area contributed by atoms with E-state index < -0.39 is 0 Å². The molecule has 27 heavy (non-hydrogen) atoms. The van der Waals surface area contributed by atoms with Crippen molar-refractivity contribution in [1.29, 1.82) is 0 Å². The van der Waals surface area contributed by atoms with Crippen LogP contribution in [0.2, 0.25) is 0 Å². The highest BCUT2D eigenvalue weighted by Crippen LogP contribution is 2.20. The molecule has 1 aromatic rings. The number of benzene rings is 1. The van der Waals surface area contributed by atoms with Crippen molar-refractivity contribution in [2.24, 2.45) is 0 Å². The van der Waals surface area contributed by atoms with Gasteiger partial charge in [0.2, 0.25) is 0 Å². The number of nitrogens with zero attached hydrogens (tertiary/aromatic N) is 3. The van der Waals surface area contributed by atoms with Gasteiger partial charge in [-0.25, -0.2) is 4.79 Å². The third kappa shape index (κ3) is 4.91. The highest BCUT2D eigenvalue weighted by molar-refractivity contribution is 5.77. The fourth-order valence-corrected chi connectivity index (χ4v) is 3.84. The molecule has 0 aromatic heterocycles. The van der Waals surface area contributed by atoms with Crippen molar-refractivity contribution in [3.63, 3.8) is 0 Å². The van der Waals surface area contributed by atoms with E-state index in [4.69, 9.17) is 4.74 Å². The molecular weight excluding hydrogens is 344 g/mol. The quantitative estimate of drug-likeness (QED) is 0.805. The van der Waals surface area contributed by atoms with Gasteiger partial charge in [-0.05, 0) is 25.5 Å². The van der Waals surface area contributed by atoms with Crippen LogP contribution in [0.15, 0.2) is 24.3 Å². The molecule has 0 unspecified atom stereocenters. The summed E-state index contributed by atoms with van der Waals surface area (Å²) in [4.78, 5) is 31.8. The summed E-state index contributed by atoms with van der Waals surface area (Å²) in [5.74, 6) is 0.221. The molecule has 7 nitrogen and oxygen atoms in total. The van der Waals surface area contributed by atoms with Gasteiger partial charge in [-0.15, -0.1) is 0 Å². The van der Waals surface area contributed by atoms with Crippen LogP contribution in [-0.2, 0) is 9.53 Å². The predicted molar refractivity (Wildman–Crippen MR) is 104 cm³/mol. The summed E-state index contributed by atoms with van der Waals surface area (Å²) in [6.45, 7) is 11.1. The van der Waals surface area contributed by atoms with Gasteiger partial charge in [0, 0.05) is 31.9 Å². The number of anilines is 1. The number of piperazine rings is 2. The largest absolute Gasteiger partial charge is 0.450 e. The molecule has 0 atom stereocenters. The molecule has 2 amide bonds. The number of aryl methyl sites for hydroxylation is 1. The Morgan fingerprint density at radius 1 is 1.00 bits per heavy atom. The van der Waals surface area contributed by atoms with Gasteiger partial charge in [0.05, 0.1) is 32.8 Å². The lowest BCUT2D eigenvalue weighted by Gasteiger charge is -2.37. The maximum absolute atomic E-state index is 12.7. The number of amides is 2. The Morgan fingerprint density at radius 2 is 1.67 bits per heavy atom. The van der Waals surface area contributed by atoms with Crippen LogP contribution in [0.5, 0.6) is 0 Å². The van der Waals surface area contributed by atoms with E-state index in [1.165, 1.54) is 16.2 Å². The molecule has 0 saturated carbocycles. The summed E-state index contributed by atoms with van der Waals surface area (Å²) in [6.07, 6.45) is -0.241. The third-order valence-electron chi connectivity index (χ3n) is 5.49. The molecule has 0 radical (unpaired) electrons. The fraction of sp³-hybridized carbons (Fsp3) is 0.600. The van der Waals surface area contributed by atoms with E-state index in [2.05, 4.69) is 36.1 Å². The lowest BCUT2D eigenvalue weighted by Crippen LogP contribution is -3.15. The first-order valence-electron chi connectivity index (χ1n) is 9.92. The number of ether oxygens (including phenoxy) is 1. The second kappa shape index (κ2) is 9.08. The fourth-order valence-electron chi connectivity index (χ4n) is 3.84. The minimum atomic E-state index is -0.241. The van der Waals surface area contributed by atoms with E-state index in [1.54, 1.807) is 4.90 Å². The zero-order chi connectivity index (χ0) is 19.2. The van der Waals surface area contributed by atoms with Gasteiger partial charge in [0.25, 0.3) is 5.91 Å². The van der Waals surface area contributed by atoms with Crippen LogP contribution >= 0.6 is 0 Å². The van der Waals surface area contributed by atoms with Crippen LogP contribution in [0.1, 0.15) is 12.5 Å². The number of rotatable bonds is 4. The van der Waals surface area contributed by atoms with Crippen molar-refractivity contribution >= 4 is 17.7 Å². The smallest absolute Gasteiger partial charge is 0.410 e. The molecule has 1 N–H and O–H groups in total. The maximum atomic E-state index is 12.7. The second-order valence-corrected chi connectivity index (χ2v) is 7.27. The first-order chi connectivity index (χ1) is 13.1. The minimum Gasteiger partial charge on any atom is -0.450 e. The van der Waals surface area contributed by atoms with E-state index >= 15 is 0 Å². The van der Waals surface area contributed by atoms with E-state index in [9.17, 15) is 9.59 Å². The predicted octanol–water partition coefficient (Wildman–Crippen LogP) is 0.000620. The van der Waals surface area contributed by atoms with Gasteiger partial charge in [0.1, 0.15) is 0 Å². The third-order valence-corrected chi connectivity index (χ3v) is 5.49. The zero-order valence-electron chi connectivity index (χ0n) is 16.4. The SMILES string of the molecule is CCOC(=O)N1CC[NH+](CC(=O)N2CCN(c3ccccc3C)CC2)CC1. The monoisotopic (exact) mass is 375 g/mol. The summed E-state index contributed by atoms with van der Waals surface area (Å²) in [5, 5.41) is 0. The summed E-state index contributed by atoms with van der Waals surface area (Å²) in [7, 11) is 0. The summed E-state index contributed by atoms with van der Waals surface area (Å²) >= 11 is 0. The average Bonchev–Trinajstić information content (AvgIpc) is 2.69. The van der Waals surface area contributed by atoms with Crippen LogP contribution in [0, 0.1) is 6.92 Å². The zero-order valence-corrected chi connectivity index (χ0v) is 16.4.